The van der Waals surface area contributed by atoms with E-state index in [1.807, 2.05) is 0 Å². The molecule has 3 aliphatic rings. The van der Waals surface area contributed by atoms with Gasteiger partial charge in [-0.25, -0.2) is 0 Å². The van der Waals surface area contributed by atoms with Crippen molar-refractivity contribution in [1.29, 1.82) is 0 Å². The van der Waals surface area contributed by atoms with Gasteiger partial charge in [-0.15, -0.1) is 0 Å². The van der Waals surface area contributed by atoms with Crippen LogP contribution in [0.25, 0.3) is 0 Å². The van der Waals surface area contributed by atoms with E-state index in [-0.39, 0.29) is 11.8 Å². The average Bonchev–Trinajstić information content (AvgIpc) is 2.29. The van der Waals surface area contributed by atoms with Crippen molar-refractivity contribution in [2.75, 3.05) is 0 Å². The van der Waals surface area contributed by atoms with Gasteiger partial charge in [-0.2, -0.15) is 0 Å². The van der Waals surface area contributed by atoms with Crippen molar-refractivity contribution in [2.45, 2.75) is 52.4 Å². The molecule has 0 aromatic carbocycles. The molecule has 0 heterocycles. The summed E-state index contributed by atoms with van der Waals surface area (Å²) in [5.41, 5.74) is 0. The normalized spacial score (nSPS) is 48.6. The third kappa shape index (κ3) is 1.85. The molecular formula is C16H24O2. The molecule has 3 aliphatic carbocycles. The highest BCUT2D eigenvalue weighted by molar-refractivity contribution is 5.91. The van der Waals surface area contributed by atoms with E-state index < -0.39 is 0 Å². The number of ketones is 2. The molecule has 0 radical (unpaired) electrons. The maximum atomic E-state index is 12.4. The molecule has 0 aromatic rings. The summed E-state index contributed by atoms with van der Waals surface area (Å²) >= 11 is 0. The lowest BCUT2D eigenvalue weighted by molar-refractivity contribution is -0.148. The second-order valence-corrected chi connectivity index (χ2v) is 7.06. The minimum absolute atomic E-state index is 0.0903. The summed E-state index contributed by atoms with van der Waals surface area (Å²) in [7, 11) is 0. The fourth-order valence-corrected chi connectivity index (χ4v) is 5.08. The summed E-state index contributed by atoms with van der Waals surface area (Å²) < 4.78 is 0. The maximum Gasteiger partial charge on any atom is 0.137 e. The molecule has 0 N–H and O–H groups in total. The number of carbonyl (C=O) groups excluding carboxylic acids is 2. The molecule has 3 saturated carbocycles. The number of hydrogen-bond acceptors (Lipinski definition) is 2. The van der Waals surface area contributed by atoms with Gasteiger partial charge in [0.1, 0.15) is 11.6 Å². The zero-order valence-corrected chi connectivity index (χ0v) is 11.5. The summed E-state index contributed by atoms with van der Waals surface area (Å²) in [6, 6.07) is 0. The highest BCUT2D eigenvalue weighted by atomic mass is 16.1. The summed E-state index contributed by atoms with van der Waals surface area (Å²) in [5.74, 6) is 3.15. The summed E-state index contributed by atoms with van der Waals surface area (Å²) in [5, 5.41) is 0. The van der Waals surface area contributed by atoms with Crippen LogP contribution in [0.15, 0.2) is 0 Å². The van der Waals surface area contributed by atoms with E-state index in [9.17, 15) is 9.59 Å². The molecule has 0 spiro atoms. The standard InChI is InChI=1S/C16H24O2/c1-9-6-11-8-10(2)12-4-3-5-13(17)16(12)15(11)14(18)7-9/h9-12,15-16H,3-8H2,1-2H3/t9-,10+,11-,12-,15-,16-/m1/s1. The van der Waals surface area contributed by atoms with Gasteiger partial charge in [0.25, 0.3) is 0 Å². The van der Waals surface area contributed by atoms with Crippen molar-refractivity contribution in [1.82, 2.24) is 0 Å². The molecule has 100 valence electrons. The fourth-order valence-electron chi connectivity index (χ4n) is 5.08. The van der Waals surface area contributed by atoms with Gasteiger partial charge in [0.05, 0.1) is 0 Å². The molecule has 2 heteroatoms. The second kappa shape index (κ2) is 4.47. The molecule has 3 fully saturated rings. The number of carbonyl (C=O) groups is 2. The summed E-state index contributed by atoms with van der Waals surface area (Å²) in [6.45, 7) is 4.49. The van der Waals surface area contributed by atoms with Gasteiger partial charge in [0.15, 0.2) is 0 Å². The van der Waals surface area contributed by atoms with Crippen molar-refractivity contribution in [3.63, 3.8) is 0 Å². The van der Waals surface area contributed by atoms with Crippen LogP contribution in [0.2, 0.25) is 0 Å². The van der Waals surface area contributed by atoms with Crippen LogP contribution in [0.4, 0.5) is 0 Å². The second-order valence-electron chi connectivity index (χ2n) is 7.06. The first kappa shape index (κ1) is 12.4. The van der Waals surface area contributed by atoms with Gasteiger partial charge in [-0.05, 0) is 49.4 Å². The topological polar surface area (TPSA) is 34.1 Å². The Hall–Kier alpha value is -0.660. The van der Waals surface area contributed by atoms with E-state index in [1.165, 1.54) is 12.8 Å². The molecule has 6 atom stereocenters. The minimum atomic E-state index is 0.0903. The van der Waals surface area contributed by atoms with E-state index in [0.717, 1.165) is 19.3 Å². The van der Waals surface area contributed by atoms with Crippen molar-refractivity contribution < 1.29 is 9.59 Å². The number of rotatable bonds is 0. The summed E-state index contributed by atoms with van der Waals surface area (Å²) in [4.78, 5) is 24.7. The van der Waals surface area contributed by atoms with Crippen LogP contribution < -0.4 is 0 Å². The Morgan fingerprint density at radius 3 is 2.56 bits per heavy atom. The van der Waals surface area contributed by atoms with Crippen molar-refractivity contribution in [2.24, 2.45) is 35.5 Å². The third-order valence-corrected chi connectivity index (χ3v) is 5.72. The van der Waals surface area contributed by atoms with Crippen LogP contribution in [0.5, 0.6) is 0 Å². The van der Waals surface area contributed by atoms with Crippen molar-refractivity contribution >= 4 is 11.6 Å². The first-order valence-corrected chi connectivity index (χ1v) is 7.63. The molecule has 0 bridgehead atoms. The SMILES string of the molecule is C[C@H]1CC(=O)[C@H]2[C@H](C1)C[C@H](C)[C@H]1CCCC(=O)[C@@H]12. The average molecular weight is 248 g/mol. The molecule has 3 rings (SSSR count). The predicted molar refractivity (Wildman–Crippen MR) is 70.0 cm³/mol. The Kier molecular flexibility index (Phi) is 3.07. The highest BCUT2D eigenvalue weighted by Gasteiger charge is 2.51. The lowest BCUT2D eigenvalue weighted by Crippen LogP contribution is -2.50. The van der Waals surface area contributed by atoms with E-state index in [1.54, 1.807) is 0 Å². The molecule has 0 aliphatic heterocycles. The number of fused-ring (bicyclic) bond motifs is 3. The first-order chi connectivity index (χ1) is 8.58. The van der Waals surface area contributed by atoms with Crippen LogP contribution in [0, 0.1) is 35.5 Å². The minimum Gasteiger partial charge on any atom is -0.299 e. The van der Waals surface area contributed by atoms with Crippen LogP contribution >= 0.6 is 0 Å². The summed E-state index contributed by atoms with van der Waals surface area (Å²) in [6.07, 6.45) is 5.99. The quantitative estimate of drug-likeness (QED) is 0.659. The molecular weight excluding hydrogens is 224 g/mol. The molecule has 18 heavy (non-hydrogen) atoms. The van der Waals surface area contributed by atoms with Gasteiger partial charge >= 0.3 is 0 Å². The van der Waals surface area contributed by atoms with E-state index >= 15 is 0 Å². The Morgan fingerprint density at radius 2 is 1.78 bits per heavy atom. The Balaban J connectivity index is 1.92. The largest absolute Gasteiger partial charge is 0.299 e. The van der Waals surface area contributed by atoms with E-state index in [4.69, 9.17) is 0 Å². The van der Waals surface area contributed by atoms with E-state index in [2.05, 4.69) is 13.8 Å². The van der Waals surface area contributed by atoms with Crippen LogP contribution in [-0.4, -0.2) is 11.6 Å². The number of hydrogen-bond donors (Lipinski definition) is 0. The Bertz CT molecular complexity index is 373. The molecule has 2 nitrogen and oxygen atoms in total. The van der Waals surface area contributed by atoms with Crippen molar-refractivity contribution in [3.8, 4) is 0 Å². The van der Waals surface area contributed by atoms with Crippen molar-refractivity contribution in [3.05, 3.63) is 0 Å². The highest BCUT2D eigenvalue weighted by Crippen LogP contribution is 2.52. The molecule has 0 saturated heterocycles. The van der Waals surface area contributed by atoms with Gasteiger partial charge in [-0.1, -0.05) is 13.8 Å². The van der Waals surface area contributed by atoms with Gasteiger partial charge in [0, 0.05) is 24.7 Å². The first-order valence-electron chi connectivity index (χ1n) is 7.63. The monoisotopic (exact) mass is 248 g/mol. The van der Waals surface area contributed by atoms with Gasteiger partial charge in [-0.3, -0.25) is 9.59 Å². The fraction of sp³-hybridized carbons (Fsp3) is 0.875. The zero-order valence-electron chi connectivity index (χ0n) is 11.5. The van der Waals surface area contributed by atoms with E-state index in [0.29, 0.717) is 41.7 Å². The molecule has 0 amide bonds. The molecule has 0 unspecified atom stereocenters. The predicted octanol–water partition coefficient (Wildman–Crippen LogP) is 3.24. The van der Waals surface area contributed by atoms with Crippen LogP contribution in [0.3, 0.4) is 0 Å². The lowest BCUT2D eigenvalue weighted by atomic mass is 9.53. The smallest absolute Gasteiger partial charge is 0.137 e. The molecule has 0 aromatic heterocycles. The number of Topliss-reactive ketones (excluding diaryl/α,β-unsaturated/α-hetero) is 2. The Morgan fingerprint density at radius 1 is 1.00 bits per heavy atom. The van der Waals surface area contributed by atoms with Gasteiger partial charge in [0.2, 0.25) is 0 Å². The van der Waals surface area contributed by atoms with Gasteiger partial charge < -0.3 is 0 Å². The third-order valence-electron chi connectivity index (χ3n) is 5.72. The van der Waals surface area contributed by atoms with Crippen LogP contribution in [-0.2, 0) is 9.59 Å². The maximum absolute atomic E-state index is 12.4. The zero-order chi connectivity index (χ0) is 12.9. The van der Waals surface area contributed by atoms with Crippen LogP contribution in [0.1, 0.15) is 52.4 Å². The lowest BCUT2D eigenvalue weighted by Gasteiger charge is -2.50. The Labute approximate surface area is 110 Å².